The molecule has 0 bridgehead atoms. The van der Waals surface area contributed by atoms with E-state index in [1.165, 1.54) is 18.9 Å². The summed E-state index contributed by atoms with van der Waals surface area (Å²) in [6.07, 6.45) is -0.374. The second-order valence-electron chi connectivity index (χ2n) is 3.14. The number of carbonyl (C=O) groups excluding carboxylic acids is 1. The summed E-state index contributed by atoms with van der Waals surface area (Å²) < 4.78 is 4.99. The van der Waals surface area contributed by atoms with Gasteiger partial charge in [0.15, 0.2) is 0 Å². The van der Waals surface area contributed by atoms with Crippen molar-refractivity contribution >= 4 is 11.9 Å². The van der Waals surface area contributed by atoms with Crippen molar-refractivity contribution in [2.24, 2.45) is 5.92 Å². The zero-order valence-corrected chi connectivity index (χ0v) is 7.69. The van der Waals surface area contributed by atoms with Crippen molar-refractivity contribution in [3.8, 4) is 0 Å². The minimum Gasteiger partial charge on any atom is -0.481 e. The lowest BCUT2D eigenvalue weighted by molar-refractivity contribution is -0.144. The van der Waals surface area contributed by atoms with Crippen molar-refractivity contribution in [2.45, 2.75) is 13.0 Å². The van der Waals surface area contributed by atoms with Gasteiger partial charge in [-0.1, -0.05) is 0 Å². The highest BCUT2D eigenvalue weighted by Gasteiger charge is 2.38. The van der Waals surface area contributed by atoms with Crippen LogP contribution >= 0.6 is 0 Å². The van der Waals surface area contributed by atoms with E-state index < -0.39 is 11.9 Å². The van der Waals surface area contributed by atoms with Gasteiger partial charge in [-0.25, -0.2) is 0 Å². The Labute approximate surface area is 76.3 Å². The number of methoxy groups -OCH3 is 1. The number of rotatable bonds is 2. The van der Waals surface area contributed by atoms with Gasteiger partial charge in [-0.05, 0) is 0 Å². The predicted octanol–water partition coefficient (Wildman–Crippen LogP) is -0.436. The van der Waals surface area contributed by atoms with Gasteiger partial charge in [0.2, 0.25) is 5.91 Å². The summed E-state index contributed by atoms with van der Waals surface area (Å²) in [5, 5.41) is 8.80. The Morgan fingerprint density at radius 3 is 2.38 bits per heavy atom. The molecule has 1 aliphatic rings. The molecule has 5 heteroatoms. The Kier molecular flexibility index (Phi) is 2.87. The van der Waals surface area contributed by atoms with Crippen molar-refractivity contribution < 1.29 is 19.4 Å². The second-order valence-corrected chi connectivity index (χ2v) is 3.14. The molecule has 0 aromatic rings. The molecule has 0 spiro atoms. The first-order valence-corrected chi connectivity index (χ1v) is 4.07. The number of hydrogen-bond acceptors (Lipinski definition) is 3. The van der Waals surface area contributed by atoms with Gasteiger partial charge in [0, 0.05) is 27.1 Å². The number of likely N-dealkylation sites (tertiary alicyclic amines) is 1. The van der Waals surface area contributed by atoms with Crippen molar-refractivity contribution in [1.82, 2.24) is 4.90 Å². The number of carboxylic acid groups (broad SMARTS) is 1. The highest BCUT2D eigenvalue weighted by atomic mass is 16.5. The zero-order chi connectivity index (χ0) is 10.0. The maximum Gasteiger partial charge on any atom is 0.311 e. The summed E-state index contributed by atoms with van der Waals surface area (Å²) in [5.41, 5.74) is 0. The van der Waals surface area contributed by atoms with Crippen LogP contribution in [0.15, 0.2) is 0 Å². The van der Waals surface area contributed by atoms with Crippen LogP contribution in [0.3, 0.4) is 0 Å². The van der Waals surface area contributed by atoms with Crippen molar-refractivity contribution in [2.75, 3.05) is 20.2 Å². The largest absolute Gasteiger partial charge is 0.481 e. The number of carbonyl (C=O) groups is 2. The van der Waals surface area contributed by atoms with E-state index in [0.29, 0.717) is 6.54 Å². The monoisotopic (exact) mass is 187 g/mol. The maximum atomic E-state index is 11.0. The first kappa shape index (κ1) is 9.98. The Morgan fingerprint density at radius 2 is 2.08 bits per heavy atom. The van der Waals surface area contributed by atoms with E-state index in [-0.39, 0.29) is 18.6 Å². The summed E-state index contributed by atoms with van der Waals surface area (Å²) >= 11 is 0. The lowest BCUT2D eigenvalue weighted by atomic mass is 10.1. The Bertz CT molecular complexity index is 228. The van der Waals surface area contributed by atoms with Crippen molar-refractivity contribution in [3.05, 3.63) is 0 Å². The standard InChI is InChI=1S/C8H13NO4/c1-5(10)9-3-6(8(11)12)7(4-9)13-2/h6-7H,3-4H2,1-2H3,(H,11,12)/t6-,7-/m1/s1. The van der Waals surface area contributed by atoms with Gasteiger partial charge in [-0.2, -0.15) is 0 Å². The smallest absolute Gasteiger partial charge is 0.311 e. The fraction of sp³-hybridized carbons (Fsp3) is 0.750. The molecule has 1 fully saturated rings. The molecular weight excluding hydrogens is 174 g/mol. The third kappa shape index (κ3) is 1.98. The van der Waals surface area contributed by atoms with Crippen LogP contribution in [-0.4, -0.2) is 48.2 Å². The van der Waals surface area contributed by atoms with Gasteiger partial charge >= 0.3 is 5.97 Å². The number of hydrogen-bond donors (Lipinski definition) is 1. The lowest BCUT2D eigenvalue weighted by Crippen LogP contribution is -2.27. The van der Waals surface area contributed by atoms with Gasteiger partial charge in [0.05, 0.1) is 6.10 Å². The third-order valence-corrected chi connectivity index (χ3v) is 2.33. The number of amides is 1. The molecule has 1 heterocycles. The molecule has 13 heavy (non-hydrogen) atoms. The fourth-order valence-electron chi connectivity index (χ4n) is 1.51. The highest BCUT2D eigenvalue weighted by Crippen LogP contribution is 2.19. The molecule has 1 rings (SSSR count). The fourth-order valence-corrected chi connectivity index (χ4v) is 1.51. The minimum atomic E-state index is -0.907. The Hall–Kier alpha value is -1.10. The quantitative estimate of drug-likeness (QED) is 0.636. The molecule has 5 nitrogen and oxygen atoms in total. The van der Waals surface area contributed by atoms with E-state index in [9.17, 15) is 9.59 Å². The van der Waals surface area contributed by atoms with E-state index in [0.717, 1.165) is 0 Å². The van der Waals surface area contributed by atoms with Crippen molar-refractivity contribution in [1.29, 1.82) is 0 Å². The van der Waals surface area contributed by atoms with Gasteiger partial charge in [-0.15, -0.1) is 0 Å². The average molecular weight is 187 g/mol. The normalized spacial score (nSPS) is 27.7. The highest BCUT2D eigenvalue weighted by molar-refractivity contribution is 5.77. The maximum absolute atomic E-state index is 11.0. The van der Waals surface area contributed by atoms with Crippen LogP contribution in [0.4, 0.5) is 0 Å². The molecule has 74 valence electrons. The van der Waals surface area contributed by atoms with E-state index >= 15 is 0 Å². The summed E-state index contributed by atoms with van der Waals surface area (Å²) in [7, 11) is 1.46. The van der Waals surface area contributed by atoms with Crippen LogP contribution in [0.5, 0.6) is 0 Å². The van der Waals surface area contributed by atoms with Gasteiger partial charge in [0.1, 0.15) is 5.92 Å². The molecule has 0 aliphatic carbocycles. The number of nitrogens with zero attached hydrogens (tertiary/aromatic N) is 1. The Morgan fingerprint density at radius 1 is 1.46 bits per heavy atom. The molecule has 2 atom stereocenters. The zero-order valence-electron chi connectivity index (χ0n) is 7.69. The summed E-state index contributed by atoms with van der Waals surface area (Å²) in [6.45, 7) is 2.06. The number of carboxylic acids is 1. The SMILES string of the molecule is CO[C@@H]1CN(C(C)=O)C[C@H]1C(=O)O. The molecule has 0 saturated carbocycles. The lowest BCUT2D eigenvalue weighted by Gasteiger charge is -2.12. The molecule has 1 aliphatic heterocycles. The van der Waals surface area contributed by atoms with Crippen molar-refractivity contribution in [3.63, 3.8) is 0 Å². The molecule has 0 aromatic heterocycles. The van der Waals surface area contributed by atoms with Crippen LogP contribution in [0, 0.1) is 5.92 Å². The third-order valence-electron chi connectivity index (χ3n) is 2.33. The minimum absolute atomic E-state index is 0.106. The Balaban J connectivity index is 2.66. The van der Waals surface area contributed by atoms with Crippen LogP contribution in [0.2, 0.25) is 0 Å². The summed E-state index contributed by atoms with van der Waals surface area (Å²) in [6, 6.07) is 0. The van der Waals surface area contributed by atoms with E-state index in [2.05, 4.69) is 0 Å². The number of aliphatic carboxylic acids is 1. The molecular formula is C8H13NO4. The van der Waals surface area contributed by atoms with E-state index in [1.807, 2.05) is 0 Å². The molecule has 0 radical (unpaired) electrons. The average Bonchev–Trinajstić information content (AvgIpc) is 2.47. The predicted molar refractivity (Wildman–Crippen MR) is 44.2 cm³/mol. The van der Waals surface area contributed by atoms with Crippen LogP contribution in [-0.2, 0) is 14.3 Å². The summed E-state index contributed by atoms with van der Waals surface area (Å²) in [4.78, 5) is 23.2. The number of ether oxygens (including phenoxy) is 1. The molecule has 1 N–H and O–H groups in total. The van der Waals surface area contributed by atoms with Crippen LogP contribution < -0.4 is 0 Å². The van der Waals surface area contributed by atoms with Gasteiger partial charge in [-0.3, -0.25) is 9.59 Å². The summed E-state index contributed by atoms with van der Waals surface area (Å²) in [5.74, 6) is -1.60. The van der Waals surface area contributed by atoms with E-state index in [1.54, 1.807) is 0 Å². The first-order chi connectivity index (χ1) is 6.06. The van der Waals surface area contributed by atoms with Crippen LogP contribution in [0.25, 0.3) is 0 Å². The first-order valence-electron chi connectivity index (χ1n) is 4.07. The molecule has 0 unspecified atom stereocenters. The second kappa shape index (κ2) is 3.74. The van der Waals surface area contributed by atoms with Crippen LogP contribution in [0.1, 0.15) is 6.92 Å². The molecule has 1 saturated heterocycles. The molecule has 0 aromatic carbocycles. The van der Waals surface area contributed by atoms with E-state index in [4.69, 9.17) is 9.84 Å². The van der Waals surface area contributed by atoms with Gasteiger partial charge in [0.25, 0.3) is 0 Å². The topological polar surface area (TPSA) is 66.8 Å². The van der Waals surface area contributed by atoms with Gasteiger partial charge < -0.3 is 14.7 Å². The molecule has 1 amide bonds.